The van der Waals surface area contributed by atoms with Crippen LogP contribution < -0.4 is 5.32 Å². The van der Waals surface area contributed by atoms with Crippen molar-refractivity contribution >= 4 is 10.1 Å². The molecular formula is C18H20F3NO3S. The molecule has 0 spiro atoms. The minimum atomic E-state index is -4.23. The fourth-order valence-corrected chi connectivity index (χ4v) is 2.85. The maximum Gasteiger partial charge on any atom is 0.416 e. The van der Waals surface area contributed by atoms with E-state index in [1.807, 2.05) is 6.92 Å². The molecule has 0 unspecified atom stereocenters. The summed E-state index contributed by atoms with van der Waals surface area (Å²) in [5.41, 5.74) is 1.37. The van der Waals surface area contributed by atoms with Gasteiger partial charge in [0.15, 0.2) is 0 Å². The van der Waals surface area contributed by atoms with Crippen LogP contribution in [0.25, 0.3) is 0 Å². The molecule has 1 saturated heterocycles. The Bertz CT molecular complexity index is 812. The molecule has 8 heteroatoms. The highest BCUT2D eigenvalue weighted by Crippen LogP contribution is 2.29. The molecule has 2 aromatic rings. The summed E-state index contributed by atoms with van der Waals surface area (Å²) in [6, 6.07) is 11.4. The average molecular weight is 387 g/mol. The van der Waals surface area contributed by atoms with E-state index >= 15 is 0 Å². The van der Waals surface area contributed by atoms with Crippen LogP contribution in [0, 0.1) is 12.8 Å². The first kappa shape index (κ1) is 20.4. The van der Waals surface area contributed by atoms with Gasteiger partial charge in [0.25, 0.3) is 10.1 Å². The highest BCUT2D eigenvalue weighted by molar-refractivity contribution is 7.85. The molecule has 1 aliphatic rings. The van der Waals surface area contributed by atoms with Crippen molar-refractivity contribution in [3.05, 3.63) is 65.2 Å². The molecule has 2 aromatic carbocycles. The van der Waals surface area contributed by atoms with Gasteiger partial charge in [-0.25, -0.2) is 0 Å². The van der Waals surface area contributed by atoms with Gasteiger partial charge in [-0.05, 0) is 62.2 Å². The van der Waals surface area contributed by atoms with E-state index in [1.165, 1.54) is 12.1 Å². The normalized spacial score (nSPS) is 15.0. The summed E-state index contributed by atoms with van der Waals surface area (Å²) >= 11 is 0. The minimum absolute atomic E-state index is 0.0666. The van der Waals surface area contributed by atoms with E-state index in [-0.39, 0.29) is 4.90 Å². The molecule has 0 atom stereocenters. The second kappa shape index (κ2) is 8.20. The third-order valence-corrected chi connectivity index (χ3v) is 4.86. The number of nitrogens with one attached hydrogen (secondary N) is 1. The summed E-state index contributed by atoms with van der Waals surface area (Å²) in [6.45, 7) is 3.79. The lowest BCUT2D eigenvalue weighted by molar-refractivity contribution is -0.137. The van der Waals surface area contributed by atoms with E-state index in [4.69, 9.17) is 4.55 Å². The van der Waals surface area contributed by atoms with Crippen molar-refractivity contribution in [2.75, 3.05) is 13.1 Å². The maximum absolute atomic E-state index is 12.2. The van der Waals surface area contributed by atoms with Gasteiger partial charge in [-0.15, -0.1) is 0 Å². The molecule has 0 bridgehead atoms. The van der Waals surface area contributed by atoms with Gasteiger partial charge in [0, 0.05) is 0 Å². The number of halogens is 3. The van der Waals surface area contributed by atoms with Crippen molar-refractivity contribution < 1.29 is 26.1 Å². The topological polar surface area (TPSA) is 66.4 Å². The van der Waals surface area contributed by atoms with Gasteiger partial charge in [-0.2, -0.15) is 21.6 Å². The SMILES string of the molecule is Cc1ccc(S(=O)(=O)O)cc1.FC(F)(F)c1ccc(CC2CNC2)cc1. The molecule has 1 heterocycles. The van der Waals surface area contributed by atoms with Crippen LogP contribution >= 0.6 is 0 Å². The van der Waals surface area contributed by atoms with E-state index in [2.05, 4.69) is 5.32 Å². The second-order valence-corrected chi connectivity index (χ2v) is 7.63. The second-order valence-electron chi connectivity index (χ2n) is 6.21. The Balaban J connectivity index is 0.000000197. The Morgan fingerprint density at radius 2 is 1.58 bits per heavy atom. The molecule has 2 N–H and O–H groups in total. The van der Waals surface area contributed by atoms with Gasteiger partial charge in [0.1, 0.15) is 0 Å². The third-order valence-electron chi connectivity index (χ3n) is 3.99. The quantitative estimate of drug-likeness (QED) is 0.788. The standard InChI is InChI=1S/C11H12F3N.C7H8O3S/c12-11(13,14)10-3-1-8(2-4-10)5-9-6-15-7-9;1-6-2-4-7(5-3-6)11(8,9)10/h1-4,9,15H,5-7H2;2-5H,1H3,(H,8,9,10). The lowest BCUT2D eigenvalue weighted by atomic mass is 9.94. The van der Waals surface area contributed by atoms with Gasteiger partial charge in [-0.3, -0.25) is 4.55 Å². The number of aryl methyl sites for hydroxylation is 1. The van der Waals surface area contributed by atoms with Crippen LogP contribution in [-0.2, 0) is 22.7 Å². The highest BCUT2D eigenvalue weighted by atomic mass is 32.2. The summed E-state index contributed by atoms with van der Waals surface area (Å²) in [5, 5.41) is 3.14. The Kier molecular flexibility index (Phi) is 6.44. The number of hydrogen-bond acceptors (Lipinski definition) is 3. The van der Waals surface area contributed by atoms with Crippen LogP contribution in [0.1, 0.15) is 16.7 Å². The fourth-order valence-electron chi connectivity index (χ4n) is 2.37. The molecule has 0 amide bonds. The van der Waals surface area contributed by atoms with E-state index < -0.39 is 21.9 Å². The van der Waals surface area contributed by atoms with Crippen molar-refractivity contribution in [1.82, 2.24) is 5.32 Å². The van der Waals surface area contributed by atoms with Crippen LogP contribution in [0.15, 0.2) is 53.4 Å². The van der Waals surface area contributed by atoms with Crippen molar-refractivity contribution in [1.29, 1.82) is 0 Å². The van der Waals surface area contributed by atoms with Crippen LogP contribution in [-0.4, -0.2) is 26.1 Å². The van der Waals surface area contributed by atoms with Crippen molar-refractivity contribution in [3.63, 3.8) is 0 Å². The van der Waals surface area contributed by atoms with E-state index in [1.54, 1.807) is 24.3 Å². The Morgan fingerprint density at radius 3 is 1.96 bits per heavy atom. The molecule has 0 saturated carbocycles. The monoisotopic (exact) mass is 387 g/mol. The van der Waals surface area contributed by atoms with Gasteiger partial charge in [0.05, 0.1) is 10.5 Å². The largest absolute Gasteiger partial charge is 0.416 e. The van der Waals surface area contributed by atoms with Crippen LogP contribution in [0.4, 0.5) is 13.2 Å². The molecule has 0 aromatic heterocycles. The molecule has 3 rings (SSSR count). The minimum Gasteiger partial charge on any atom is -0.316 e. The molecular weight excluding hydrogens is 367 g/mol. The van der Waals surface area contributed by atoms with Crippen LogP contribution in [0.5, 0.6) is 0 Å². The smallest absolute Gasteiger partial charge is 0.316 e. The number of rotatable bonds is 3. The van der Waals surface area contributed by atoms with Gasteiger partial charge < -0.3 is 5.32 Å². The predicted molar refractivity (Wildman–Crippen MR) is 92.5 cm³/mol. The van der Waals surface area contributed by atoms with Gasteiger partial charge in [0.2, 0.25) is 0 Å². The lowest BCUT2D eigenvalue weighted by Crippen LogP contribution is -2.43. The van der Waals surface area contributed by atoms with E-state index in [0.717, 1.165) is 42.8 Å². The first-order chi connectivity index (χ1) is 12.1. The molecule has 4 nitrogen and oxygen atoms in total. The number of hydrogen-bond donors (Lipinski definition) is 2. The third kappa shape index (κ3) is 6.12. The number of alkyl halides is 3. The van der Waals surface area contributed by atoms with Crippen LogP contribution in [0.3, 0.4) is 0 Å². The molecule has 0 radical (unpaired) electrons. The number of benzene rings is 2. The summed E-state index contributed by atoms with van der Waals surface area (Å²) in [4.78, 5) is -0.0666. The Labute approximate surface area is 150 Å². The molecule has 26 heavy (non-hydrogen) atoms. The van der Waals surface area contributed by atoms with Gasteiger partial charge >= 0.3 is 6.18 Å². The lowest BCUT2D eigenvalue weighted by Gasteiger charge is -2.27. The van der Waals surface area contributed by atoms with Crippen LogP contribution in [0.2, 0.25) is 0 Å². The van der Waals surface area contributed by atoms with Crippen molar-refractivity contribution in [3.8, 4) is 0 Å². The highest BCUT2D eigenvalue weighted by Gasteiger charge is 2.30. The van der Waals surface area contributed by atoms with Gasteiger partial charge in [-0.1, -0.05) is 29.8 Å². The predicted octanol–water partition coefficient (Wildman–Crippen LogP) is 3.71. The first-order valence-corrected chi connectivity index (χ1v) is 9.41. The zero-order valence-electron chi connectivity index (χ0n) is 14.1. The van der Waals surface area contributed by atoms with E-state index in [9.17, 15) is 21.6 Å². The van der Waals surface area contributed by atoms with E-state index in [0.29, 0.717) is 5.92 Å². The molecule has 142 valence electrons. The maximum atomic E-state index is 12.2. The zero-order valence-corrected chi connectivity index (χ0v) is 14.9. The Morgan fingerprint density at radius 1 is 1.04 bits per heavy atom. The molecule has 0 aliphatic carbocycles. The fraction of sp³-hybridized carbons (Fsp3) is 0.333. The zero-order chi connectivity index (χ0) is 19.4. The first-order valence-electron chi connectivity index (χ1n) is 7.97. The summed E-state index contributed by atoms with van der Waals surface area (Å²) in [6.07, 6.45) is -3.36. The average Bonchev–Trinajstić information content (AvgIpc) is 2.51. The van der Waals surface area contributed by atoms with Crippen molar-refractivity contribution in [2.45, 2.75) is 24.4 Å². The Hall–Kier alpha value is -1.90. The van der Waals surface area contributed by atoms with Crippen molar-refractivity contribution in [2.24, 2.45) is 5.92 Å². The summed E-state index contributed by atoms with van der Waals surface area (Å²) in [5.74, 6) is 0.585. The molecule has 1 fully saturated rings. The summed E-state index contributed by atoms with van der Waals surface area (Å²) in [7, 11) is -4.02. The molecule has 1 aliphatic heterocycles. The summed E-state index contributed by atoms with van der Waals surface area (Å²) < 4.78 is 66.3.